The van der Waals surface area contributed by atoms with Crippen LogP contribution in [0.2, 0.25) is 0 Å². The first-order chi connectivity index (χ1) is 12.0. The van der Waals surface area contributed by atoms with Gasteiger partial charge in [-0.25, -0.2) is 9.37 Å². The molecule has 1 fully saturated rings. The highest BCUT2D eigenvalue weighted by Crippen LogP contribution is 2.39. The summed E-state index contributed by atoms with van der Waals surface area (Å²) in [6, 6.07) is 4.77. The summed E-state index contributed by atoms with van der Waals surface area (Å²) < 4.78 is 21.8. The number of fused-ring (bicyclic) bond motifs is 1. The van der Waals surface area contributed by atoms with Crippen LogP contribution in [0.25, 0.3) is 11.0 Å². The van der Waals surface area contributed by atoms with Gasteiger partial charge in [0, 0.05) is 6.04 Å². The van der Waals surface area contributed by atoms with E-state index in [1.54, 1.807) is 12.1 Å². The van der Waals surface area contributed by atoms with E-state index in [1.807, 2.05) is 26.8 Å². The predicted octanol–water partition coefficient (Wildman–Crippen LogP) is 4.44. The monoisotopic (exact) mass is 343 g/mol. The molecule has 0 unspecified atom stereocenters. The van der Waals surface area contributed by atoms with Gasteiger partial charge in [-0.2, -0.15) is 0 Å². The summed E-state index contributed by atoms with van der Waals surface area (Å²) >= 11 is 0. The van der Waals surface area contributed by atoms with Crippen molar-refractivity contribution >= 4 is 11.0 Å². The van der Waals surface area contributed by atoms with E-state index in [2.05, 4.69) is 21.7 Å². The Morgan fingerprint density at radius 3 is 2.84 bits per heavy atom. The molecule has 1 aliphatic rings. The highest BCUT2D eigenvalue weighted by Gasteiger charge is 2.34. The molecule has 134 valence electrons. The molecule has 0 aliphatic heterocycles. The zero-order valence-corrected chi connectivity index (χ0v) is 15.1. The molecule has 0 amide bonds. The molecule has 3 rings (SSSR count). The minimum absolute atomic E-state index is 0.195. The van der Waals surface area contributed by atoms with Gasteiger partial charge < -0.3 is 15.0 Å². The van der Waals surface area contributed by atoms with Gasteiger partial charge in [0.25, 0.3) is 0 Å². The number of nitrogens with two attached hydrogens (primary N) is 1. The number of hydrogen-bond acceptors (Lipinski definition) is 3. The number of aromatic nitrogens is 2. The predicted molar refractivity (Wildman–Crippen MR) is 98.9 cm³/mol. The molecule has 2 N–H and O–H groups in total. The lowest BCUT2D eigenvalue weighted by Crippen LogP contribution is -2.35. The highest BCUT2D eigenvalue weighted by atomic mass is 19.1. The first kappa shape index (κ1) is 17.8. The number of halogens is 1. The van der Waals surface area contributed by atoms with E-state index >= 15 is 0 Å². The third-order valence-corrected chi connectivity index (χ3v) is 4.76. The van der Waals surface area contributed by atoms with Crippen LogP contribution in [0.5, 0.6) is 0 Å². The molecule has 1 aromatic carbocycles. The topological polar surface area (TPSA) is 53.1 Å². The maximum atomic E-state index is 13.7. The Kier molecular flexibility index (Phi) is 5.35. The van der Waals surface area contributed by atoms with Crippen molar-refractivity contribution in [2.24, 2.45) is 5.73 Å². The van der Waals surface area contributed by atoms with Crippen molar-refractivity contribution < 1.29 is 9.13 Å². The molecule has 1 heterocycles. The average Bonchev–Trinajstić information content (AvgIpc) is 2.91. The zero-order chi connectivity index (χ0) is 18.0. The summed E-state index contributed by atoms with van der Waals surface area (Å²) in [7, 11) is 0. The van der Waals surface area contributed by atoms with Gasteiger partial charge in [-0.3, -0.25) is 0 Å². The lowest BCUT2D eigenvalue weighted by Gasteiger charge is -2.37. The molecule has 0 saturated heterocycles. The molecular formula is C20H26FN3O. The minimum Gasteiger partial charge on any atom is -0.373 e. The van der Waals surface area contributed by atoms with Gasteiger partial charge in [0.1, 0.15) is 11.6 Å². The molecule has 2 aromatic rings. The summed E-state index contributed by atoms with van der Waals surface area (Å²) in [6.07, 6.45) is 8.16. The second-order valence-corrected chi connectivity index (χ2v) is 6.68. The van der Waals surface area contributed by atoms with E-state index in [-0.39, 0.29) is 24.0 Å². The number of rotatable bonds is 6. The Morgan fingerprint density at radius 2 is 2.20 bits per heavy atom. The van der Waals surface area contributed by atoms with Gasteiger partial charge in [-0.15, -0.1) is 0 Å². The highest BCUT2D eigenvalue weighted by molar-refractivity contribution is 5.76. The van der Waals surface area contributed by atoms with Crippen molar-refractivity contribution in [2.45, 2.75) is 51.8 Å². The maximum Gasteiger partial charge on any atom is 0.126 e. The van der Waals surface area contributed by atoms with Crippen LogP contribution >= 0.6 is 0 Å². The van der Waals surface area contributed by atoms with Crippen molar-refractivity contribution in [2.75, 3.05) is 6.61 Å². The number of imidazole rings is 1. The Hall–Kier alpha value is -1.98. The molecule has 0 radical (unpaired) electrons. The molecule has 0 bridgehead atoms. The van der Waals surface area contributed by atoms with E-state index in [9.17, 15) is 4.39 Å². The second-order valence-electron chi connectivity index (χ2n) is 6.68. The average molecular weight is 343 g/mol. The fourth-order valence-corrected chi connectivity index (χ4v) is 3.33. The summed E-state index contributed by atoms with van der Waals surface area (Å²) in [5, 5.41) is 0. The summed E-state index contributed by atoms with van der Waals surface area (Å²) in [5.74, 6) is 0.563. The van der Waals surface area contributed by atoms with Gasteiger partial charge >= 0.3 is 0 Å². The minimum atomic E-state index is -0.249. The van der Waals surface area contributed by atoms with Crippen LogP contribution in [0.3, 0.4) is 0 Å². The third-order valence-electron chi connectivity index (χ3n) is 4.76. The molecule has 1 aromatic heterocycles. The summed E-state index contributed by atoms with van der Waals surface area (Å²) in [4.78, 5) is 4.61. The van der Waals surface area contributed by atoms with Crippen molar-refractivity contribution in [3.8, 4) is 0 Å². The van der Waals surface area contributed by atoms with E-state index in [4.69, 9.17) is 10.5 Å². The van der Waals surface area contributed by atoms with Gasteiger partial charge in [0.15, 0.2) is 0 Å². The van der Waals surface area contributed by atoms with E-state index in [1.165, 1.54) is 11.6 Å². The second kappa shape index (κ2) is 7.50. The lowest BCUT2D eigenvalue weighted by atomic mass is 9.88. The van der Waals surface area contributed by atoms with Crippen LogP contribution in [0.1, 0.15) is 51.5 Å². The Bertz CT molecular complexity index is 801. The molecule has 0 spiro atoms. The molecule has 25 heavy (non-hydrogen) atoms. The summed E-state index contributed by atoms with van der Waals surface area (Å²) in [6.45, 7) is 6.55. The number of nitrogens with zero attached hydrogens (tertiary/aromatic N) is 2. The number of benzene rings is 1. The van der Waals surface area contributed by atoms with Crippen molar-refractivity contribution in [1.29, 1.82) is 0 Å². The first-order valence-corrected chi connectivity index (χ1v) is 8.86. The van der Waals surface area contributed by atoms with Crippen LogP contribution in [0.4, 0.5) is 4.39 Å². The molecule has 1 atom stereocenters. The van der Waals surface area contributed by atoms with Gasteiger partial charge in [-0.05, 0) is 57.4 Å². The Labute approximate surface area is 148 Å². The number of ether oxygens (including phenoxy) is 1. The van der Waals surface area contributed by atoms with Gasteiger partial charge in [-0.1, -0.05) is 18.2 Å². The Morgan fingerprint density at radius 1 is 1.44 bits per heavy atom. The third kappa shape index (κ3) is 3.67. The fourth-order valence-electron chi connectivity index (χ4n) is 3.33. The fraction of sp³-hybridized carbons (Fsp3) is 0.450. The van der Waals surface area contributed by atoms with Crippen molar-refractivity contribution in [1.82, 2.24) is 9.55 Å². The number of allylic oxidation sites excluding steroid dienone is 2. The first-order valence-electron chi connectivity index (χ1n) is 8.86. The van der Waals surface area contributed by atoms with Crippen LogP contribution < -0.4 is 5.73 Å². The molecule has 1 saturated carbocycles. The smallest absolute Gasteiger partial charge is 0.126 e. The SMILES string of the molecule is C/C=C\C(=C/C)COC1CC(n2c([C@H](C)N)nc3ccc(F)cc32)C1. The van der Waals surface area contributed by atoms with E-state index < -0.39 is 0 Å². The molecule has 5 heteroatoms. The van der Waals surface area contributed by atoms with Crippen molar-refractivity contribution in [3.63, 3.8) is 0 Å². The molecule has 4 nitrogen and oxygen atoms in total. The van der Waals surface area contributed by atoms with E-state index in [0.29, 0.717) is 6.61 Å². The standard InChI is InChI=1S/C20H26FN3O/c1-4-6-14(5-2)12-25-17-10-16(11-17)24-19-9-15(21)7-8-18(19)23-20(24)13(3)22/h4-9,13,16-17H,10-12,22H2,1-3H3/b6-4-,14-5+/t13-,16?,17?/m0/s1. The van der Waals surface area contributed by atoms with Gasteiger partial charge in [0.2, 0.25) is 0 Å². The van der Waals surface area contributed by atoms with Crippen LogP contribution in [-0.4, -0.2) is 22.3 Å². The van der Waals surface area contributed by atoms with Crippen LogP contribution in [-0.2, 0) is 4.74 Å². The van der Waals surface area contributed by atoms with Crippen LogP contribution in [0.15, 0.2) is 42.0 Å². The molecule has 1 aliphatic carbocycles. The Balaban J connectivity index is 1.74. The molecular weight excluding hydrogens is 317 g/mol. The van der Waals surface area contributed by atoms with Crippen LogP contribution in [0, 0.1) is 5.82 Å². The quantitative estimate of drug-likeness (QED) is 0.789. The van der Waals surface area contributed by atoms with Crippen molar-refractivity contribution in [3.05, 3.63) is 53.6 Å². The van der Waals surface area contributed by atoms with E-state index in [0.717, 1.165) is 29.7 Å². The lowest BCUT2D eigenvalue weighted by molar-refractivity contribution is -0.0142. The number of hydrogen-bond donors (Lipinski definition) is 1. The summed E-state index contributed by atoms with van der Waals surface area (Å²) in [5.41, 5.74) is 8.88. The normalized spacial score (nSPS) is 22.5. The van der Waals surface area contributed by atoms with Gasteiger partial charge in [0.05, 0.1) is 29.8 Å². The maximum absolute atomic E-state index is 13.7. The zero-order valence-electron chi connectivity index (χ0n) is 15.1. The largest absolute Gasteiger partial charge is 0.373 e.